The summed E-state index contributed by atoms with van der Waals surface area (Å²) in [7, 11) is 1.76. The lowest BCUT2D eigenvalue weighted by Gasteiger charge is -2.13. The summed E-state index contributed by atoms with van der Waals surface area (Å²) in [4.78, 5) is 10.4. The van der Waals surface area contributed by atoms with E-state index in [1.807, 2.05) is 0 Å². The normalized spacial score (nSPS) is 16.8. The van der Waals surface area contributed by atoms with Crippen LogP contribution in [0.3, 0.4) is 0 Å². The van der Waals surface area contributed by atoms with Crippen molar-refractivity contribution in [2.24, 2.45) is 0 Å². The fourth-order valence-corrected chi connectivity index (χ4v) is 2.14. The van der Waals surface area contributed by atoms with Gasteiger partial charge in [0.2, 0.25) is 0 Å². The average Bonchev–Trinajstić information content (AvgIpc) is 3.10. The number of methoxy groups -OCH3 is 1. The molecule has 1 N–H and O–H groups in total. The Kier molecular flexibility index (Phi) is 3.48. The minimum Gasteiger partial charge on any atom is -0.481 e. The van der Waals surface area contributed by atoms with Gasteiger partial charge in [0.15, 0.2) is 0 Å². The molecule has 1 aromatic rings. The van der Waals surface area contributed by atoms with Crippen molar-refractivity contribution in [1.29, 1.82) is 0 Å². The first-order chi connectivity index (χ1) is 8.16. The van der Waals surface area contributed by atoms with Gasteiger partial charge in [0.05, 0.1) is 5.60 Å². The number of ether oxygens (including phenoxy) is 1. The van der Waals surface area contributed by atoms with Gasteiger partial charge in [-0.1, -0.05) is 24.3 Å². The molecule has 0 aromatic heterocycles. The van der Waals surface area contributed by atoms with Gasteiger partial charge in [-0.3, -0.25) is 4.79 Å². The van der Waals surface area contributed by atoms with Gasteiger partial charge in [-0.25, -0.2) is 0 Å². The van der Waals surface area contributed by atoms with E-state index in [1.165, 1.54) is 11.1 Å². The molecule has 0 amide bonds. The highest BCUT2D eigenvalue weighted by Crippen LogP contribution is 2.48. The van der Waals surface area contributed by atoms with Crippen molar-refractivity contribution < 1.29 is 14.6 Å². The van der Waals surface area contributed by atoms with Gasteiger partial charge in [0.25, 0.3) is 0 Å². The Bertz CT molecular complexity index is 390. The van der Waals surface area contributed by atoms with Crippen LogP contribution >= 0.6 is 0 Å². The summed E-state index contributed by atoms with van der Waals surface area (Å²) >= 11 is 0. The Hall–Kier alpha value is -1.35. The number of hydrogen-bond donors (Lipinski definition) is 1. The Labute approximate surface area is 101 Å². The number of aliphatic carboxylic acids is 1. The van der Waals surface area contributed by atoms with E-state index in [4.69, 9.17) is 9.84 Å². The van der Waals surface area contributed by atoms with Crippen LogP contribution in [0.25, 0.3) is 0 Å². The molecule has 0 heterocycles. The number of rotatable bonds is 6. The third kappa shape index (κ3) is 2.86. The van der Waals surface area contributed by atoms with E-state index >= 15 is 0 Å². The van der Waals surface area contributed by atoms with E-state index < -0.39 is 5.97 Å². The zero-order valence-corrected chi connectivity index (χ0v) is 10.1. The molecule has 0 aliphatic heterocycles. The smallest absolute Gasteiger partial charge is 0.303 e. The van der Waals surface area contributed by atoms with Crippen LogP contribution in [0.4, 0.5) is 0 Å². The maximum absolute atomic E-state index is 10.4. The quantitative estimate of drug-likeness (QED) is 0.823. The van der Waals surface area contributed by atoms with E-state index in [0.29, 0.717) is 6.42 Å². The molecule has 3 heteroatoms. The summed E-state index contributed by atoms with van der Waals surface area (Å²) in [5, 5.41) is 8.57. The summed E-state index contributed by atoms with van der Waals surface area (Å²) in [6, 6.07) is 8.37. The van der Waals surface area contributed by atoms with Crippen molar-refractivity contribution in [1.82, 2.24) is 0 Å². The molecule has 1 aliphatic rings. The Morgan fingerprint density at radius 1 is 1.35 bits per heavy atom. The second-order valence-corrected chi connectivity index (χ2v) is 4.64. The molecule has 0 radical (unpaired) electrons. The first-order valence-corrected chi connectivity index (χ1v) is 6.03. The molecule has 1 aromatic carbocycles. The van der Waals surface area contributed by atoms with E-state index in [1.54, 1.807) is 7.11 Å². The van der Waals surface area contributed by atoms with Gasteiger partial charge in [0.1, 0.15) is 0 Å². The first-order valence-electron chi connectivity index (χ1n) is 6.03. The summed E-state index contributed by atoms with van der Waals surface area (Å²) in [5.74, 6) is -0.724. The van der Waals surface area contributed by atoms with E-state index in [-0.39, 0.29) is 12.0 Å². The number of carboxylic acid groups (broad SMARTS) is 1. The summed E-state index contributed by atoms with van der Waals surface area (Å²) in [6.07, 6.45) is 3.96. The lowest BCUT2D eigenvalue weighted by molar-refractivity contribution is -0.137. The van der Waals surface area contributed by atoms with Crippen LogP contribution in [0.1, 0.15) is 36.8 Å². The van der Waals surface area contributed by atoms with Crippen molar-refractivity contribution in [3.05, 3.63) is 35.4 Å². The Morgan fingerprint density at radius 3 is 2.47 bits per heavy atom. The van der Waals surface area contributed by atoms with Gasteiger partial charge in [0, 0.05) is 13.5 Å². The molecular formula is C14H18O3. The predicted octanol–water partition coefficient (Wildman–Crippen LogP) is 2.73. The van der Waals surface area contributed by atoms with E-state index in [2.05, 4.69) is 24.3 Å². The van der Waals surface area contributed by atoms with Crippen molar-refractivity contribution >= 4 is 5.97 Å². The predicted molar refractivity (Wildman–Crippen MR) is 64.9 cm³/mol. The molecule has 3 nitrogen and oxygen atoms in total. The van der Waals surface area contributed by atoms with Crippen LogP contribution in [0.2, 0.25) is 0 Å². The topological polar surface area (TPSA) is 46.5 Å². The highest BCUT2D eigenvalue weighted by molar-refractivity contribution is 5.66. The largest absolute Gasteiger partial charge is 0.481 e. The van der Waals surface area contributed by atoms with Crippen molar-refractivity contribution in [3.63, 3.8) is 0 Å². The minimum atomic E-state index is -0.724. The molecule has 2 rings (SSSR count). The lowest BCUT2D eigenvalue weighted by atomic mass is 10.0. The SMILES string of the molecule is COC1(c2ccc(CCCC(=O)O)cc2)CC1. The second kappa shape index (κ2) is 4.88. The standard InChI is InChI=1S/C14H18O3/c1-17-14(9-10-14)12-7-5-11(6-8-12)3-2-4-13(15)16/h5-8H,2-4,9-10H2,1H3,(H,15,16). The lowest BCUT2D eigenvalue weighted by Crippen LogP contribution is -2.08. The highest BCUT2D eigenvalue weighted by atomic mass is 16.5. The van der Waals surface area contributed by atoms with E-state index in [9.17, 15) is 4.79 Å². The van der Waals surface area contributed by atoms with Crippen LogP contribution < -0.4 is 0 Å². The zero-order chi connectivity index (χ0) is 12.3. The van der Waals surface area contributed by atoms with Crippen LogP contribution in [-0.2, 0) is 21.6 Å². The molecule has 0 atom stereocenters. The monoisotopic (exact) mass is 234 g/mol. The van der Waals surface area contributed by atoms with Gasteiger partial charge in [-0.2, -0.15) is 0 Å². The van der Waals surface area contributed by atoms with Crippen LogP contribution in [-0.4, -0.2) is 18.2 Å². The summed E-state index contributed by atoms with van der Waals surface area (Å²) in [5.41, 5.74) is 2.41. The first kappa shape index (κ1) is 12.1. The summed E-state index contributed by atoms with van der Waals surface area (Å²) in [6.45, 7) is 0. The number of benzene rings is 1. The minimum absolute atomic E-state index is 0.0282. The third-order valence-corrected chi connectivity index (χ3v) is 3.43. The Morgan fingerprint density at radius 2 is 2.00 bits per heavy atom. The van der Waals surface area contributed by atoms with E-state index in [0.717, 1.165) is 19.3 Å². The highest BCUT2D eigenvalue weighted by Gasteiger charge is 2.44. The third-order valence-electron chi connectivity index (χ3n) is 3.43. The van der Waals surface area contributed by atoms with Crippen molar-refractivity contribution in [3.8, 4) is 0 Å². The summed E-state index contributed by atoms with van der Waals surface area (Å²) < 4.78 is 5.51. The van der Waals surface area contributed by atoms with Crippen LogP contribution in [0, 0.1) is 0 Å². The maximum atomic E-state index is 10.4. The molecule has 1 saturated carbocycles. The average molecular weight is 234 g/mol. The molecule has 1 fully saturated rings. The number of aryl methyl sites for hydroxylation is 1. The molecular weight excluding hydrogens is 216 g/mol. The van der Waals surface area contributed by atoms with Gasteiger partial charge in [-0.05, 0) is 36.8 Å². The Balaban J connectivity index is 1.92. The van der Waals surface area contributed by atoms with Gasteiger partial charge >= 0.3 is 5.97 Å². The van der Waals surface area contributed by atoms with Crippen LogP contribution in [0.15, 0.2) is 24.3 Å². The number of hydrogen-bond acceptors (Lipinski definition) is 2. The molecule has 1 aliphatic carbocycles. The molecule has 0 spiro atoms. The second-order valence-electron chi connectivity index (χ2n) is 4.64. The van der Waals surface area contributed by atoms with Crippen molar-refractivity contribution in [2.75, 3.05) is 7.11 Å². The molecule has 17 heavy (non-hydrogen) atoms. The fourth-order valence-electron chi connectivity index (χ4n) is 2.14. The number of carbonyl (C=O) groups is 1. The number of carboxylic acids is 1. The zero-order valence-electron chi connectivity index (χ0n) is 10.1. The molecule has 92 valence electrons. The fraction of sp³-hybridized carbons (Fsp3) is 0.500. The molecule has 0 bridgehead atoms. The maximum Gasteiger partial charge on any atom is 0.303 e. The molecule has 0 saturated heterocycles. The molecule has 0 unspecified atom stereocenters. The van der Waals surface area contributed by atoms with Crippen molar-refractivity contribution in [2.45, 2.75) is 37.7 Å². The van der Waals surface area contributed by atoms with Crippen LogP contribution in [0.5, 0.6) is 0 Å². The van der Waals surface area contributed by atoms with Gasteiger partial charge in [-0.15, -0.1) is 0 Å². The van der Waals surface area contributed by atoms with Gasteiger partial charge < -0.3 is 9.84 Å².